The van der Waals surface area contributed by atoms with Crippen LogP contribution in [0.1, 0.15) is 29.8 Å². The normalized spacial score (nSPS) is 8.87. The van der Waals surface area contributed by atoms with Gasteiger partial charge in [0, 0.05) is 17.1 Å². The predicted molar refractivity (Wildman–Crippen MR) is 64.6 cm³/mol. The van der Waals surface area contributed by atoms with Crippen molar-refractivity contribution in [2.45, 2.75) is 19.2 Å². The summed E-state index contributed by atoms with van der Waals surface area (Å²) in [5.41, 5.74) is 1.09. The van der Waals surface area contributed by atoms with Gasteiger partial charge in [0.1, 0.15) is 5.15 Å². The zero-order valence-corrected chi connectivity index (χ0v) is 11.2. The Morgan fingerprint density at radius 2 is 2.20 bits per heavy atom. The van der Waals surface area contributed by atoms with Crippen LogP contribution in [0.25, 0.3) is 0 Å². The largest absolute Gasteiger partial charge is 0.465 e. The van der Waals surface area contributed by atoms with Crippen LogP contribution in [0.2, 0.25) is 5.15 Å². The molecule has 0 aromatic carbocycles. The van der Waals surface area contributed by atoms with Crippen molar-refractivity contribution in [3.05, 3.63) is 28.5 Å². The van der Waals surface area contributed by atoms with Gasteiger partial charge in [-0.05, 0) is 6.07 Å². The molecule has 0 atom stereocenters. The molecule has 0 bridgehead atoms. The molecule has 0 aliphatic rings. The van der Waals surface area contributed by atoms with E-state index in [-0.39, 0.29) is 0 Å². The molecule has 1 aromatic heterocycles. The van der Waals surface area contributed by atoms with Crippen molar-refractivity contribution >= 4 is 33.5 Å². The molecule has 1 aromatic rings. The van der Waals surface area contributed by atoms with Crippen LogP contribution < -0.4 is 0 Å². The summed E-state index contributed by atoms with van der Waals surface area (Å²) in [5, 5.41) is 0.796. The minimum atomic E-state index is -0.404. The third-order valence-electron chi connectivity index (χ3n) is 1.54. The van der Waals surface area contributed by atoms with Gasteiger partial charge in [-0.1, -0.05) is 41.4 Å². The molecule has 15 heavy (non-hydrogen) atoms. The monoisotopic (exact) mass is 293 g/mol. The van der Waals surface area contributed by atoms with E-state index in [0.29, 0.717) is 21.6 Å². The quantitative estimate of drug-likeness (QED) is 0.476. The Labute approximate surface area is 103 Å². The van der Waals surface area contributed by atoms with Gasteiger partial charge in [0.15, 0.2) is 0 Å². The van der Waals surface area contributed by atoms with Gasteiger partial charge >= 0.3 is 5.97 Å². The van der Waals surface area contributed by atoms with E-state index in [2.05, 4.69) is 25.7 Å². The van der Waals surface area contributed by atoms with Crippen LogP contribution in [0, 0.1) is 0 Å². The van der Waals surface area contributed by atoms with Crippen molar-refractivity contribution in [2.75, 3.05) is 7.11 Å². The summed E-state index contributed by atoms with van der Waals surface area (Å²) in [6, 6.07) is 1.58. The second kappa shape index (κ2) is 7.65. The number of aromatic nitrogens is 1. The van der Waals surface area contributed by atoms with Gasteiger partial charge in [-0.25, -0.2) is 9.78 Å². The lowest BCUT2D eigenvalue weighted by molar-refractivity contribution is 0.0599. The van der Waals surface area contributed by atoms with Crippen LogP contribution in [0.3, 0.4) is 0 Å². The van der Waals surface area contributed by atoms with E-state index >= 15 is 0 Å². The molecule has 84 valence electrons. The molecule has 0 radical (unpaired) electrons. The van der Waals surface area contributed by atoms with Gasteiger partial charge in [0.25, 0.3) is 0 Å². The SMILES string of the molecule is CC.COC(=O)c1ccnc(Cl)c1CBr. The Balaban J connectivity index is 0.000000921. The van der Waals surface area contributed by atoms with Crippen molar-refractivity contribution in [3.63, 3.8) is 0 Å². The summed E-state index contributed by atoms with van der Waals surface area (Å²) in [6.45, 7) is 4.00. The fourth-order valence-electron chi connectivity index (χ4n) is 0.895. The third-order valence-corrected chi connectivity index (χ3v) is 2.43. The van der Waals surface area contributed by atoms with E-state index in [1.165, 1.54) is 13.3 Å². The summed E-state index contributed by atoms with van der Waals surface area (Å²) in [4.78, 5) is 15.1. The molecule has 0 spiro atoms. The number of carbonyl (C=O) groups is 1. The topological polar surface area (TPSA) is 39.2 Å². The average molecular weight is 295 g/mol. The maximum absolute atomic E-state index is 11.2. The van der Waals surface area contributed by atoms with Gasteiger partial charge in [-0.2, -0.15) is 0 Å². The van der Waals surface area contributed by atoms with Crippen LogP contribution in [-0.2, 0) is 10.1 Å². The number of rotatable bonds is 2. The summed E-state index contributed by atoms with van der Waals surface area (Å²) in [6.07, 6.45) is 1.47. The van der Waals surface area contributed by atoms with Crippen molar-refractivity contribution in [1.29, 1.82) is 0 Å². The van der Waals surface area contributed by atoms with Crippen molar-refractivity contribution in [2.24, 2.45) is 0 Å². The van der Waals surface area contributed by atoms with Crippen molar-refractivity contribution in [3.8, 4) is 0 Å². The Morgan fingerprint density at radius 3 is 2.67 bits per heavy atom. The lowest BCUT2D eigenvalue weighted by Gasteiger charge is -2.05. The fourth-order valence-corrected chi connectivity index (χ4v) is 1.85. The molecule has 0 unspecified atom stereocenters. The number of nitrogens with zero attached hydrogens (tertiary/aromatic N) is 1. The number of hydrogen-bond acceptors (Lipinski definition) is 3. The minimum absolute atomic E-state index is 0.319. The standard InChI is InChI=1S/C8H7BrClNO2.C2H6/c1-13-8(12)5-2-3-11-7(10)6(5)4-9;1-2/h2-3H,4H2,1H3;1-2H3. The highest BCUT2D eigenvalue weighted by molar-refractivity contribution is 9.08. The Morgan fingerprint density at radius 1 is 1.60 bits per heavy atom. The van der Waals surface area contributed by atoms with E-state index in [9.17, 15) is 4.79 Å². The minimum Gasteiger partial charge on any atom is -0.465 e. The highest BCUT2D eigenvalue weighted by atomic mass is 79.9. The summed E-state index contributed by atoms with van der Waals surface area (Å²) >= 11 is 9.01. The van der Waals surface area contributed by atoms with Crippen LogP contribution in [-0.4, -0.2) is 18.1 Å². The zero-order chi connectivity index (χ0) is 11.8. The molecule has 0 aliphatic heterocycles. The molecule has 0 saturated heterocycles. The van der Waals surface area contributed by atoms with E-state index < -0.39 is 5.97 Å². The van der Waals surface area contributed by atoms with E-state index in [0.717, 1.165) is 0 Å². The first kappa shape index (κ1) is 14.4. The summed E-state index contributed by atoms with van der Waals surface area (Å²) in [7, 11) is 1.33. The molecule has 0 amide bonds. The van der Waals surface area contributed by atoms with Crippen LogP contribution in [0.5, 0.6) is 0 Å². The maximum Gasteiger partial charge on any atom is 0.338 e. The van der Waals surface area contributed by atoms with Crippen molar-refractivity contribution < 1.29 is 9.53 Å². The first-order valence-corrected chi connectivity index (χ1v) is 5.98. The van der Waals surface area contributed by atoms with Gasteiger partial charge in [-0.15, -0.1) is 0 Å². The molecule has 0 aliphatic carbocycles. The highest BCUT2D eigenvalue weighted by Gasteiger charge is 2.13. The molecule has 0 fully saturated rings. The molecule has 5 heteroatoms. The van der Waals surface area contributed by atoms with Crippen molar-refractivity contribution in [1.82, 2.24) is 4.98 Å². The molecule has 1 heterocycles. The number of pyridine rings is 1. The molecule has 0 N–H and O–H groups in total. The molecule has 3 nitrogen and oxygen atoms in total. The van der Waals surface area contributed by atoms with Gasteiger partial charge in [0.05, 0.1) is 12.7 Å². The number of methoxy groups -OCH3 is 1. The lowest BCUT2D eigenvalue weighted by atomic mass is 10.2. The van der Waals surface area contributed by atoms with Crippen LogP contribution in [0.4, 0.5) is 0 Å². The number of esters is 1. The van der Waals surface area contributed by atoms with E-state index in [1.54, 1.807) is 6.07 Å². The number of ether oxygens (including phenoxy) is 1. The first-order chi connectivity index (χ1) is 7.20. The van der Waals surface area contributed by atoms with Gasteiger partial charge in [-0.3, -0.25) is 0 Å². The zero-order valence-electron chi connectivity index (χ0n) is 8.88. The molecular formula is C10H13BrClNO2. The maximum atomic E-state index is 11.2. The fraction of sp³-hybridized carbons (Fsp3) is 0.400. The number of alkyl halides is 1. The van der Waals surface area contributed by atoms with Gasteiger partial charge in [0.2, 0.25) is 0 Å². The Hall–Kier alpha value is -0.610. The highest BCUT2D eigenvalue weighted by Crippen LogP contribution is 2.20. The second-order valence-electron chi connectivity index (χ2n) is 2.25. The molecular weight excluding hydrogens is 281 g/mol. The Kier molecular flexibility index (Phi) is 7.34. The van der Waals surface area contributed by atoms with Crippen LogP contribution in [0.15, 0.2) is 12.3 Å². The average Bonchev–Trinajstić information content (AvgIpc) is 2.30. The first-order valence-electron chi connectivity index (χ1n) is 4.48. The van der Waals surface area contributed by atoms with E-state index in [1.807, 2.05) is 13.8 Å². The summed E-state index contributed by atoms with van der Waals surface area (Å²) in [5.74, 6) is -0.404. The number of halogens is 2. The Bertz CT molecular complexity index is 331. The molecule has 0 saturated carbocycles. The third kappa shape index (κ3) is 3.80. The van der Waals surface area contributed by atoms with E-state index in [4.69, 9.17) is 11.6 Å². The second-order valence-corrected chi connectivity index (χ2v) is 3.17. The number of carbonyl (C=O) groups excluding carboxylic acids is 1. The molecule has 1 rings (SSSR count). The van der Waals surface area contributed by atoms with Gasteiger partial charge < -0.3 is 4.74 Å². The lowest BCUT2D eigenvalue weighted by Crippen LogP contribution is -2.05. The van der Waals surface area contributed by atoms with Crippen LogP contribution >= 0.6 is 27.5 Å². The predicted octanol–water partition coefficient (Wildman–Crippen LogP) is 3.44. The smallest absolute Gasteiger partial charge is 0.338 e. The summed E-state index contributed by atoms with van der Waals surface area (Å²) < 4.78 is 4.59. The number of hydrogen-bond donors (Lipinski definition) is 0.